The van der Waals surface area contributed by atoms with Gasteiger partial charge >= 0.3 is 0 Å². The predicted molar refractivity (Wildman–Crippen MR) is 70.0 cm³/mol. The maximum Gasteiger partial charge on any atom is 0.285 e. The van der Waals surface area contributed by atoms with Gasteiger partial charge in [0.1, 0.15) is 15.9 Å². The van der Waals surface area contributed by atoms with Gasteiger partial charge in [-0.15, -0.1) is 0 Å². The van der Waals surface area contributed by atoms with E-state index in [0.717, 1.165) is 12.1 Å². The maximum atomic E-state index is 12.0. The fourth-order valence-corrected chi connectivity index (χ4v) is 2.23. The Bertz CT molecular complexity index is 586. The van der Waals surface area contributed by atoms with E-state index in [1.807, 2.05) is 31.2 Å². The average Bonchev–Trinajstić information content (AvgIpc) is 2.66. The highest BCUT2D eigenvalue weighted by Crippen LogP contribution is 2.21. The van der Waals surface area contributed by atoms with Crippen molar-refractivity contribution in [3.8, 4) is 11.4 Å². The van der Waals surface area contributed by atoms with Gasteiger partial charge in [-0.05, 0) is 34.5 Å². The van der Waals surface area contributed by atoms with Crippen LogP contribution in [-0.2, 0) is 6.42 Å². The van der Waals surface area contributed by atoms with Gasteiger partial charge in [-0.2, -0.15) is 0 Å². The monoisotopic (exact) mass is 296 g/mol. The molecule has 2 rings (SSSR count). The average molecular weight is 297 g/mol. The Balaban J connectivity index is 2.65. The first-order chi connectivity index (χ1) is 8.19. The molecule has 4 nitrogen and oxygen atoms in total. The Labute approximate surface area is 107 Å². The van der Waals surface area contributed by atoms with Crippen LogP contribution in [0, 0.1) is 0 Å². The van der Waals surface area contributed by atoms with E-state index in [9.17, 15) is 4.79 Å². The Morgan fingerprint density at radius 2 is 2.12 bits per heavy atom. The number of hydrogen-bond acceptors (Lipinski definition) is 2. The molecular formula is C12H13BrN2O2. The van der Waals surface area contributed by atoms with Gasteiger partial charge in [0.15, 0.2) is 0 Å². The van der Waals surface area contributed by atoms with Crippen LogP contribution in [0.15, 0.2) is 33.5 Å². The minimum atomic E-state index is -0.105. The zero-order valence-electron chi connectivity index (χ0n) is 9.66. The van der Waals surface area contributed by atoms with Crippen molar-refractivity contribution in [3.05, 3.63) is 44.8 Å². The van der Waals surface area contributed by atoms with Gasteiger partial charge < -0.3 is 4.74 Å². The van der Waals surface area contributed by atoms with Crippen molar-refractivity contribution in [1.82, 2.24) is 9.78 Å². The molecule has 90 valence electrons. The van der Waals surface area contributed by atoms with Crippen LogP contribution in [0.1, 0.15) is 12.6 Å². The molecule has 0 atom stereocenters. The van der Waals surface area contributed by atoms with Crippen LogP contribution >= 0.6 is 15.9 Å². The molecule has 0 aliphatic carbocycles. The Kier molecular flexibility index (Phi) is 3.38. The lowest BCUT2D eigenvalue weighted by Crippen LogP contribution is -2.15. The molecule has 2 aromatic rings. The smallest absolute Gasteiger partial charge is 0.285 e. The first-order valence-electron chi connectivity index (χ1n) is 5.31. The Morgan fingerprint density at radius 1 is 1.41 bits per heavy atom. The number of nitrogens with zero attached hydrogens (tertiary/aromatic N) is 1. The van der Waals surface area contributed by atoms with Crippen LogP contribution in [0.5, 0.6) is 5.75 Å². The van der Waals surface area contributed by atoms with Crippen LogP contribution < -0.4 is 10.3 Å². The number of rotatable bonds is 3. The topological polar surface area (TPSA) is 47.0 Å². The van der Waals surface area contributed by atoms with Crippen LogP contribution in [-0.4, -0.2) is 16.9 Å². The van der Waals surface area contributed by atoms with E-state index in [0.29, 0.717) is 15.9 Å². The number of methoxy groups -OCH3 is 1. The number of H-pyrrole nitrogens is 1. The summed E-state index contributed by atoms with van der Waals surface area (Å²) < 4.78 is 7.31. The molecule has 0 radical (unpaired) electrons. The largest absolute Gasteiger partial charge is 0.494 e. The third-order valence-corrected chi connectivity index (χ3v) is 3.40. The van der Waals surface area contributed by atoms with E-state index in [2.05, 4.69) is 21.0 Å². The molecule has 1 N–H and O–H groups in total. The van der Waals surface area contributed by atoms with E-state index in [1.54, 1.807) is 7.11 Å². The molecule has 0 fully saturated rings. The third-order valence-electron chi connectivity index (χ3n) is 2.58. The molecule has 1 aromatic carbocycles. The minimum Gasteiger partial charge on any atom is -0.494 e. The number of benzene rings is 1. The van der Waals surface area contributed by atoms with Crippen LogP contribution in [0.4, 0.5) is 0 Å². The van der Waals surface area contributed by atoms with E-state index >= 15 is 0 Å². The first-order valence-corrected chi connectivity index (χ1v) is 6.11. The number of para-hydroxylation sites is 2. The van der Waals surface area contributed by atoms with Crippen molar-refractivity contribution < 1.29 is 4.74 Å². The number of hydrogen-bond donors (Lipinski definition) is 1. The second kappa shape index (κ2) is 4.79. The molecule has 17 heavy (non-hydrogen) atoms. The second-order valence-corrected chi connectivity index (χ2v) is 4.36. The molecule has 5 heteroatoms. The van der Waals surface area contributed by atoms with Gasteiger partial charge in [0.2, 0.25) is 0 Å². The summed E-state index contributed by atoms with van der Waals surface area (Å²) in [5, 5.41) is 3.07. The number of aryl methyl sites for hydroxylation is 1. The fourth-order valence-electron chi connectivity index (χ4n) is 1.68. The lowest BCUT2D eigenvalue weighted by molar-refractivity contribution is 0.411. The molecule has 0 spiro atoms. The zero-order chi connectivity index (χ0) is 12.4. The highest BCUT2D eigenvalue weighted by atomic mass is 79.9. The second-order valence-electron chi connectivity index (χ2n) is 3.57. The van der Waals surface area contributed by atoms with E-state index in [4.69, 9.17) is 4.74 Å². The summed E-state index contributed by atoms with van der Waals surface area (Å²) in [6.07, 6.45) is 0.762. The van der Waals surface area contributed by atoms with Crippen LogP contribution in [0.2, 0.25) is 0 Å². The van der Waals surface area contributed by atoms with Crippen LogP contribution in [0.3, 0.4) is 0 Å². The van der Waals surface area contributed by atoms with Gasteiger partial charge in [0, 0.05) is 0 Å². The number of aromatic nitrogens is 2. The molecule has 0 bridgehead atoms. The highest BCUT2D eigenvalue weighted by molar-refractivity contribution is 9.10. The standard InChI is InChI=1S/C12H13BrN2O2/c1-3-8-11(13)12(16)15(14-8)9-6-4-5-7-10(9)17-2/h4-7,14H,3H2,1-2H3. The summed E-state index contributed by atoms with van der Waals surface area (Å²) in [5.41, 5.74) is 1.48. The van der Waals surface area contributed by atoms with Gasteiger partial charge in [-0.3, -0.25) is 9.89 Å². The minimum absolute atomic E-state index is 0.105. The summed E-state index contributed by atoms with van der Waals surface area (Å²) in [4.78, 5) is 12.0. The Morgan fingerprint density at radius 3 is 2.71 bits per heavy atom. The van der Waals surface area contributed by atoms with Crippen molar-refractivity contribution in [3.63, 3.8) is 0 Å². The van der Waals surface area contributed by atoms with Crippen molar-refractivity contribution in [2.24, 2.45) is 0 Å². The summed E-state index contributed by atoms with van der Waals surface area (Å²) in [6.45, 7) is 1.99. The molecule has 0 unspecified atom stereocenters. The molecule has 1 heterocycles. The molecule has 0 amide bonds. The van der Waals surface area contributed by atoms with Crippen molar-refractivity contribution >= 4 is 15.9 Å². The molecule has 1 aromatic heterocycles. The molecule has 0 aliphatic rings. The normalized spacial score (nSPS) is 10.5. The number of nitrogens with one attached hydrogen (secondary N) is 1. The summed E-state index contributed by atoms with van der Waals surface area (Å²) in [7, 11) is 1.59. The number of aromatic amines is 1. The van der Waals surface area contributed by atoms with E-state index in [1.165, 1.54) is 4.68 Å². The van der Waals surface area contributed by atoms with E-state index in [-0.39, 0.29) is 5.56 Å². The fraction of sp³-hybridized carbons (Fsp3) is 0.250. The van der Waals surface area contributed by atoms with Crippen molar-refractivity contribution in [1.29, 1.82) is 0 Å². The Hall–Kier alpha value is -1.49. The summed E-state index contributed by atoms with van der Waals surface area (Å²) in [6, 6.07) is 7.39. The number of halogens is 1. The maximum absolute atomic E-state index is 12.0. The first kappa shape index (κ1) is 12.0. The molecule has 0 saturated carbocycles. The van der Waals surface area contributed by atoms with Crippen molar-refractivity contribution in [2.45, 2.75) is 13.3 Å². The van der Waals surface area contributed by atoms with Gasteiger partial charge in [0.25, 0.3) is 5.56 Å². The third kappa shape index (κ3) is 2.02. The van der Waals surface area contributed by atoms with Gasteiger partial charge in [0.05, 0.1) is 12.8 Å². The molecule has 0 aliphatic heterocycles. The SMILES string of the molecule is CCc1[nH]n(-c2ccccc2OC)c(=O)c1Br. The van der Waals surface area contributed by atoms with Gasteiger partial charge in [-0.25, -0.2) is 4.68 Å². The zero-order valence-corrected chi connectivity index (χ0v) is 11.2. The predicted octanol–water partition coefficient (Wildman–Crippen LogP) is 2.50. The molecule has 0 saturated heterocycles. The number of ether oxygens (including phenoxy) is 1. The molecular weight excluding hydrogens is 284 g/mol. The van der Waals surface area contributed by atoms with E-state index < -0.39 is 0 Å². The van der Waals surface area contributed by atoms with Crippen LogP contribution in [0.25, 0.3) is 5.69 Å². The quantitative estimate of drug-likeness (QED) is 0.946. The van der Waals surface area contributed by atoms with Crippen molar-refractivity contribution in [2.75, 3.05) is 7.11 Å². The lowest BCUT2D eigenvalue weighted by atomic mass is 10.3. The summed E-state index contributed by atoms with van der Waals surface area (Å²) >= 11 is 3.30. The highest BCUT2D eigenvalue weighted by Gasteiger charge is 2.13. The lowest BCUT2D eigenvalue weighted by Gasteiger charge is -2.07. The summed E-state index contributed by atoms with van der Waals surface area (Å²) in [5.74, 6) is 0.658. The van der Waals surface area contributed by atoms with Gasteiger partial charge in [-0.1, -0.05) is 19.1 Å².